The van der Waals surface area contributed by atoms with E-state index in [9.17, 15) is 0 Å². The van der Waals surface area contributed by atoms with Crippen LogP contribution in [0.5, 0.6) is 0 Å². The van der Waals surface area contributed by atoms with E-state index >= 15 is 0 Å². The third-order valence-electron chi connectivity index (χ3n) is 3.37. The van der Waals surface area contributed by atoms with Gasteiger partial charge in [0.1, 0.15) is 0 Å². The smallest absolute Gasteiger partial charge is 0.00448 e. The predicted octanol–water partition coefficient (Wildman–Crippen LogP) is 0.820. The first-order valence-corrected chi connectivity index (χ1v) is 4.64. The first kappa shape index (κ1) is 7.56. The summed E-state index contributed by atoms with van der Waals surface area (Å²) in [6.45, 7) is 2.58. The van der Waals surface area contributed by atoms with Gasteiger partial charge >= 0.3 is 0 Å². The van der Waals surface area contributed by atoms with Gasteiger partial charge in [-0.15, -0.1) is 0 Å². The van der Waals surface area contributed by atoms with Gasteiger partial charge in [0.15, 0.2) is 0 Å². The van der Waals surface area contributed by atoms with Gasteiger partial charge < -0.3 is 10.6 Å². The highest BCUT2D eigenvalue weighted by molar-refractivity contribution is 4.96. The van der Waals surface area contributed by atoms with E-state index in [1.165, 1.54) is 38.8 Å². The lowest BCUT2D eigenvalue weighted by Crippen LogP contribution is -2.24. The van der Waals surface area contributed by atoms with Gasteiger partial charge in [0.2, 0.25) is 0 Å². The van der Waals surface area contributed by atoms with Crippen molar-refractivity contribution in [3.8, 4) is 0 Å². The molecule has 0 aromatic heterocycles. The third kappa shape index (κ3) is 1.30. The van der Waals surface area contributed by atoms with Gasteiger partial charge in [-0.05, 0) is 44.7 Å². The molecule has 1 heterocycles. The fourth-order valence-corrected chi connectivity index (χ4v) is 2.78. The number of hydrogen-bond acceptors (Lipinski definition) is 2. The number of rotatable bonds is 0. The number of hydrogen-bond donors (Lipinski definition) is 1. The van der Waals surface area contributed by atoms with Crippen molar-refractivity contribution in [3.05, 3.63) is 0 Å². The average Bonchev–Trinajstić information content (AvgIpc) is 2.44. The molecule has 2 rings (SSSR count). The zero-order chi connectivity index (χ0) is 7.90. The number of nitrogens with zero attached hydrogens (tertiary/aromatic N) is 1. The summed E-state index contributed by atoms with van der Waals surface area (Å²) >= 11 is 0. The van der Waals surface area contributed by atoms with Crippen molar-refractivity contribution in [2.45, 2.75) is 31.7 Å². The minimum Gasteiger partial charge on any atom is -0.328 e. The molecule has 1 spiro atoms. The second-order valence-corrected chi connectivity index (χ2v) is 4.49. The standard InChI is InChI=1S/C9H18N2/c1-11-5-4-9(7-11)3-2-8(10)6-9/h8H,2-7,10H2,1H3. The van der Waals surface area contributed by atoms with Crippen LogP contribution in [-0.4, -0.2) is 31.1 Å². The molecule has 2 nitrogen and oxygen atoms in total. The molecule has 2 unspecified atom stereocenters. The highest BCUT2D eigenvalue weighted by Crippen LogP contribution is 2.44. The van der Waals surface area contributed by atoms with Crippen LogP contribution in [0.15, 0.2) is 0 Å². The molecule has 1 saturated heterocycles. The Morgan fingerprint density at radius 1 is 1.45 bits per heavy atom. The van der Waals surface area contributed by atoms with E-state index in [1.54, 1.807) is 0 Å². The molecule has 2 fully saturated rings. The van der Waals surface area contributed by atoms with Crippen LogP contribution in [0, 0.1) is 5.41 Å². The molecule has 0 amide bonds. The van der Waals surface area contributed by atoms with Gasteiger partial charge in [-0.3, -0.25) is 0 Å². The van der Waals surface area contributed by atoms with Gasteiger partial charge in [0.05, 0.1) is 0 Å². The number of likely N-dealkylation sites (tertiary alicyclic amines) is 1. The van der Waals surface area contributed by atoms with Crippen molar-refractivity contribution in [1.29, 1.82) is 0 Å². The largest absolute Gasteiger partial charge is 0.328 e. The van der Waals surface area contributed by atoms with Gasteiger partial charge in [-0.1, -0.05) is 0 Å². The lowest BCUT2D eigenvalue weighted by atomic mass is 9.85. The van der Waals surface area contributed by atoms with Crippen LogP contribution < -0.4 is 5.73 Å². The maximum atomic E-state index is 5.92. The van der Waals surface area contributed by atoms with Gasteiger partial charge in [-0.25, -0.2) is 0 Å². The first-order valence-electron chi connectivity index (χ1n) is 4.64. The molecule has 11 heavy (non-hydrogen) atoms. The van der Waals surface area contributed by atoms with E-state index in [2.05, 4.69) is 11.9 Å². The minimum atomic E-state index is 0.501. The van der Waals surface area contributed by atoms with Crippen molar-refractivity contribution in [3.63, 3.8) is 0 Å². The summed E-state index contributed by atoms with van der Waals surface area (Å²) in [6.07, 6.45) is 5.29. The maximum Gasteiger partial charge on any atom is 0.00448 e. The topological polar surface area (TPSA) is 29.3 Å². The highest BCUT2D eigenvalue weighted by atomic mass is 15.1. The molecule has 2 aliphatic rings. The van der Waals surface area contributed by atoms with Gasteiger partial charge in [0, 0.05) is 12.6 Å². The molecule has 1 aliphatic carbocycles. The van der Waals surface area contributed by atoms with Crippen LogP contribution in [0.3, 0.4) is 0 Å². The van der Waals surface area contributed by atoms with Crippen LogP contribution >= 0.6 is 0 Å². The zero-order valence-electron chi connectivity index (χ0n) is 7.34. The Hall–Kier alpha value is -0.0800. The average molecular weight is 154 g/mol. The molecule has 0 aromatic carbocycles. The van der Waals surface area contributed by atoms with E-state index in [4.69, 9.17) is 5.73 Å². The molecule has 64 valence electrons. The Morgan fingerprint density at radius 2 is 2.27 bits per heavy atom. The summed E-state index contributed by atoms with van der Waals surface area (Å²) < 4.78 is 0. The van der Waals surface area contributed by atoms with Crippen molar-refractivity contribution in [1.82, 2.24) is 4.90 Å². The second kappa shape index (κ2) is 2.46. The molecule has 2 N–H and O–H groups in total. The number of nitrogens with two attached hydrogens (primary N) is 1. The Morgan fingerprint density at radius 3 is 2.73 bits per heavy atom. The maximum absolute atomic E-state index is 5.92. The second-order valence-electron chi connectivity index (χ2n) is 4.49. The Bertz CT molecular complexity index is 138. The Balaban J connectivity index is 2.02. The van der Waals surface area contributed by atoms with Crippen LogP contribution in [0.2, 0.25) is 0 Å². The summed E-state index contributed by atoms with van der Waals surface area (Å²) in [7, 11) is 2.22. The summed E-state index contributed by atoms with van der Waals surface area (Å²) in [6, 6.07) is 0.501. The molecular weight excluding hydrogens is 136 g/mol. The van der Waals surface area contributed by atoms with E-state index < -0.39 is 0 Å². The van der Waals surface area contributed by atoms with Gasteiger partial charge in [0.25, 0.3) is 0 Å². The summed E-state index contributed by atoms with van der Waals surface area (Å²) in [5, 5.41) is 0. The highest BCUT2D eigenvalue weighted by Gasteiger charge is 2.41. The van der Waals surface area contributed by atoms with Crippen molar-refractivity contribution in [2.75, 3.05) is 20.1 Å². The summed E-state index contributed by atoms with van der Waals surface area (Å²) in [5.74, 6) is 0. The molecule has 1 saturated carbocycles. The molecule has 0 aromatic rings. The molecule has 0 radical (unpaired) electrons. The van der Waals surface area contributed by atoms with E-state index in [0.29, 0.717) is 11.5 Å². The van der Waals surface area contributed by atoms with E-state index in [0.717, 1.165) is 0 Å². The summed E-state index contributed by atoms with van der Waals surface area (Å²) in [5.41, 5.74) is 6.55. The van der Waals surface area contributed by atoms with Crippen LogP contribution in [0.4, 0.5) is 0 Å². The first-order chi connectivity index (χ1) is 5.20. The molecule has 2 heteroatoms. The van der Waals surface area contributed by atoms with Crippen molar-refractivity contribution < 1.29 is 0 Å². The van der Waals surface area contributed by atoms with E-state index in [1.807, 2.05) is 0 Å². The Labute approximate surface area is 68.7 Å². The van der Waals surface area contributed by atoms with Crippen molar-refractivity contribution in [2.24, 2.45) is 11.1 Å². The normalized spacial score (nSPS) is 45.8. The lowest BCUT2D eigenvalue weighted by molar-refractivity contribution is 0.286. The monoisotopic (exact) mass is 154 g/mol. The molecule has 0 bridgehead atoms. The fraction of sp³-hybridized carbons (Fsp3) is 1.00. The van der Waals surface area contributed by atoms with E-state index in [-0.39, 0.29) is 0 Å². The molecule has 2 atom stereocenters. The molecular formula is C9H18N2. The zero-order valence-corrected chi connectivity index (χ0v) is 7.34. The fourth-order valence-electron chi connectivity index (χ4n) is 2.78. The third-order valence-corrected chi connectivity index (χ3v) is 3.37. The van der Waals surface area contributed by atoms with Gasteiger partial charge in [-0.2, -0.15) is 0 Å². The predicted molar refractivity (Wildman–Crippen MR) is 46.4 cm³/mol. The van der Waals surface area contributed by atoms with Crippen molar-refractivity contribution >= 4 is 0 Å². The minimum absolute atomic E-state index is 0.501. The van der Waals surface area contributed by atoms with Crippen LogP contribution in [-0.2, 0) is 0 Å². The molecule has 1 aliphatic heterocycles. The SMILES string of the molecule is CN1CCC2(CCC(N)C2)C1. The summed E-state index contributed by atoms with van der Waals surface area (Å²) in [4.78, 5) is 2.44. The Kier molecular flexibility index (Phi) is 1.69. The van der Waals surface area contributed by atoms with Crippen LogP contribution in [0.1, 0.15) is 25.7 Å². The quantitative estimate of drug-likeness (QED) is 0.559. The van der Waals surface area contributed by atoms with Crippen LogP contribution in [0.25, 0.3) is 0 Å². The lowest BCUT2D eigenvalue weighted by Gasteiger charge is -2.22.